The lowest BCUT2D eigenvalue weighted by Gasteiger charge is -2.11. The van der Waals surface area contributed by atoms with Crippen LogP contribution in [0.3, 0.4) is 0 Å². The summed E-state index contributed by atoms with van der Waals surface area (Å²) in [4.78, 5) is 12.3. The Labute approximate surface area is 132 Å². The molecular weight excluding hydrogens is 332 g/mol. The number of benzene rings is 2. The summed E-state index contributed by atoms with van der Waals surface area (Å²) in [7, 11) is 1.53. The van der Waals surface area contributed by atoms with Crippen LogP contribution < -0.4 is 15.8 Å². The van der Waals surface area contributed by atoms with E-state index in [0.717, 1.165) is 16.5 Å². The van der Waals surface area contributed by atoms with E-state index in [1.165, 1.54) is 7.11 Å². The number of nitrogens with two attached hydrogens (primary N) is 1. The second-order valence-electron chi connectivity index (χ2n) is 4.57. The molecule has 0 unspecified atom stereocenters. The van der Waals surface area contributed by atoms with Gasteiger partial charge in [-0.2, -0.15) is 0 Å². The molecular formula is C16H17BrN2O2. The van der Waals surface area contributed by atoms with Crippen molar-refractivity contribution in [2.24, 2.45) is 0 Å². The Balaban J connectivity index is 2.24. The molecule has 0 aromatic heterocycles. The Hall–Kier alpha value is -2.01. The molecule has 0 aliphatic heterocycles. The monoisotopic (exact) mass is 348 g/mol. The lowest BCUT2D eigenvalue weighted by molar-refractivity contribution is 0.102. The molecule has 0 saturated heterocycles. The summed E-state index contributed by atoms with van der Waals surface area (Å²) in [5.74, 6) is 0.281. The Morgan fingerprint density at radius 3 is 2.67 bits per heavy atom. The molecule has 0 aliphatic rings. The molecule has 0 spiro atoms. The number of nitrogen functional groups attached to an aromatic ring is 1. The molecule has 0 saturated carbocycles. The lowest BCUT2D eigenvalue weighted by Crippen LogP contribution is -2.13. The molecule has 4 nitrogen and oxygen atoms in total. The zero-order chi connectivity index (χ0) is 15.4. The van der Waals surface area contributed by atoms with Crippen LogP contribution in [0.4, 0.5) is 11.4 Å². The third-order valence-electron chi connectivity index (χ3n) is 3.19. The minimum Gasteiger partial charge on any atom is -0.496 e. The van der Waals surface area contributed by atoms with Gasteiger partial charge in [-0.25, -0.2) is 0 Å². The van der Waals surface area contributed by atoms with Gasteiger partial charge in [-0.05, 0) is 42.3 Å². The fourth-order valence-electron chi connectivity index (χ4n) is 2.05. The van der Waals surface area contributed by atoms with Crippen LogP contribution in [0.25, 0.3) is 0 Å². The zero-order valence-corrected chi connectivity index (χ0v) is 13.5. The minimum absolute atomic E-state index is 0.233. The maximum Gasteiger partial charge on any atom is 0.259 e. The van der Waals surface area contributed by atoms with Gasteiger partial charge in [-0.1, -0.05) is 28.9 Å². The number of carbonyl (C=O) groups is 1. The number of hydrogen-bond acceptors (Lipinski definition) is 3. The Bertz CT molecular complexity index is 671. The third-order valence-corrected chi connectivity index (χ3v) is 3.69. The van der Waals surface area contributed by atoms with Crippen LogP contribution in [0.1, 0.15) is 22.8 Å². The largest absolute Gasteiger partial charge is 0.496 e. The zero-order valence-electron chi connectivity index (χ0n) is 11.9. The number of nitrogens with one attached hydrogen (secondary N) is 1. The number of rotatable bonds is 4. The SMILES string of the molecule is CCc1ccc(NC(=O)c2ccc(Br)cc2OC)cc1N. The summed E-state index contributed by atoms with van der Waals surface area (Å²) in [5, 5.41) is 2.83. The van der Waals surface area contributed by atoms with Crippen LogP contribution in [0.2, 0.25) is 0 Å². The third kappa shape index (κ3) is 3.55. The van der Waals surface area contributed by atoms with E-state index >= 15 is 0 Å². The quantitative estimate of drug-likeness (QED) is 0.824. The van der Waals surface area contributed by atoms with Crippen LogP contribution in [0.15, 0.2) is 40.9 Å². The molecule has 0 aliphatic carbocycles. The van der Waals surface area contributed by atoms with Gasteiger partial charge >= 0.3 is 0 Å². The molecule has 2 aromatic carbocycles. The summed E-state index contributed by atoms with van der Waals surface area (Å²) in [5.41, 5.74) is 8.82. The molecule has 21 heavy (non-hydrogen) atoms. The maximum absolute atomic E-state index is 12.3. The fourth-order valence-corrected chi connectivity index (χ4v) is 2.39. The number of halogens is 1. The van der Waals surface area contributed by atoms with Crippen molar-refractivity contribution in [3.05, 3.63) is 52.0 Å². The van der Waals surface area contributed by atoms with Crippen molar-refractivity contribution in [2.75, 3.05) is 18.2 Å². The predicted octanol–water partition coefficient (Wildman–Crippen LogP) is 3.85. The van der Waals surface area contributed by atoms with Gasteiger partial charge in [0.2, 0.25) is 0 Å². The number of ether oxygens (including phenoxy) is 1. The Morgan fingerprint density at radius 1 is 1.29 bits per heavy atom. The summed E-state index contributed by atoms with van der Waals surface area (Å²) in [6, 6.07) is 10.8. The molecule has 0 bridgehead atoms. The summed E-state index contributed by atoms with van der Waals surface area (Å²) in [6.07, 6.45) is 0.862. The van der Waals surface area contributed by atoms with Gasteiger partial charge < -0.3 is 15.8 Å². The van der Waals surface area contributed by atoms with Crippen molar-refractivity contribution in [3.63, 3.8) is 0 Å². The maximum atomic E-state index is 12.3. The van der Waals surface area contributed by atoms with E-state index < -0.39 is 0 Å². The van der Waals surface area contributed by atoms with E-state index in [1.807, 2.05) is 19.1 Å². The lowest BCUT2D eigenvalue weighted by atomic mass is 10.1. The minimum atomic E-state index is -0.233. The summed E-state index contributed by atoms with van der Waals surface area (Å²) >= 11 is 3.35. The highest BCUT2D eigenvalue weighted by Gasteiger charge is 2.13. The second-order valence-corrected chi connectivity index (χ2v) is 5.48. The molecule has 0 radical (unpaired) electrons. The first kappa shape index (κ1) is 15.4. The average molecular weight is 349 g/mol. The predicted molar refractivity (Wildman–Crippen MR) is 88.9 cm³/mol. The Morgan fingerprint density at radius 2 is 2.05 bits per heavy atom. The van der Waals surface area contributed by atoms with Gasteiger partial charge in [-0.15, -0.1) is 0 Å². The molecule has 0 atom stereocenters. The van der Waals surface area contributed by atoms with E-state index in [1.54, 1.807) is 24.3 Å². The van der Waals surface area contributed by atoms with Crippen molar-refractivity contribution in [1.82, 2.24) is 0 Å². The molecule has 110 valence electrons. The topological polar surface area (TPSA) is 64.3 Å². The molecule has 5 heteroatoms. The van der Waals surface area contributed by atoms with Crippen LogP contribution in [0, 0.1) is 0 Å². The van der Waals surface area contributed by atoms with Gasteiger partial charge in [0.05, 0.1) is 12.7 Å². The van der Waals surface area contributed by atoms with E-state index in [0.29, 0.717) is 22.7 Å². The smallest absolute Gasteiger partial charge is 0.259 e. The van der Waals surface area contributed by atoms with E-state index in [9.17, 15) is 4.79 Å². The second kappa shape index (κ2) is 6.63. The van der Waals surface area contributed by atoms with Crippen LogP contribution >= 0.6 is 15.9 Å². The molecule has 3 N–H and O–H groups in total. The Kier molecular flexibility index (Phi) is 4.85. The van der Waals surface area contributed by atoms with Crippen molar-refractivity contribution >= 4 is 33.2 Å². The first-order valence-electron chi connectivity index (χ1n) is 6.58. The van der Waals surface area contributed by atoms with Crippen LogP contribution in [0.5, 0.6) is 5.75 Å². The molecule has 2 rings (SSSR count). The summed E-state index contributed by atoms with van der Waals surface area (Å²) in [6.45, 7) is 2.04. The van der Waals surface area contributed by atoms with Crippen molar-refractivity contribution < 1.29 is 9.53 Å². The standard InChI is InChI=1S/C16H17BrN2O2/c1-3-10-4-6-12(9-14(10)18)19-16(20)13-7-5-11(17)8-15(13)21-2/h4-9H,3,18H2,1-2H3,(H,19,20). The number of carbonyl (C=O) groups excluding carboxylic acids is 1. The number of amides is 1. The van der Waals surface area contributed by atoms with Crippen LogP contribution in [-0.2, 0) is 6.42 Å². The highest BCUT2D eigenvalue weighted by molar-refractivity contribution is 9.10. The van der Waals surface area contributed by atoms with Crippen molar-refractivity contribution in [3.8, 4) is 5.75 Å². The first-order chi connectivity index (χ1) is 10.0. The fraction of sp³-hybridized carbons (Fsp3) is 0.188. The normalized spacial score (nSPS) is 10.2. The molecule has 0 heterocycles. The number of anilines is 2. The van der Waals surface area contributed by atoms with Gasteiger partial charge in [0.1, 0.15) is 5.75 Å². The molecule has 1 amide bonds. The number of hydrogen-bond donors (Lipinski definition) is 2. The molecule has 2 aromatic rings. The highest BCUT2D eigenvalue weighted by atomic mass is 79.9. The first-order valence-corrected chi connectivity index (χ1v) is 7.37. The average Bonchev–Trinajstić information content (AvgIpc) is 2.47. The van der Waals surface area contributed by atoms with Crippen molar-refractivity contribution in [1.29, 1.82) is 0 Å². The summed E-state index contributed by atoms with van der Waals surface area (Å²) < 4.78 is 6.08. The molecule has 0 fully saturated rings. The van der Waals surface area contributed by atoms with E-state index in [-0.39, 0.29) is 5.91 Å². The number of methoxy groups -OCH3 is 1. The van der Waals surface area contributed by atoms with E-state index in [2.05, 4.69) is 21.2 Å². The van der Waals surface area contributed by atoms with Gasteiger partial charge in [0.25, 0.3) is 5.91 Å². The van der Waals surface area contributed by atoms with E-state index in [4.69, 9.17) is 10.5 Å². The number of aryl methyl sites for hydroxylation is 1. The van der Waals surface area contributed by atoms with Crippen molar-refractivity contribution in [2.45, 2.75) is 13.3 Å². The highest BCUT2D eigenvalue weighted by Crippen LogP contribution is 2.25. The van der Waals surface area contributed by atoms with Gasteiger partial charge in [0.15, 0.2) is 0 Å². The van der Waals surface area contributed by atoms with Crippen LogP contribution in [-0.4, -0.2) is 13.0 Å². The van der Waals surface area contributed by atoms with Gasteiger partial charge in [0, 0.05) is 15.8 Å². The van der Waals surface area contributed by atoms with Gasteiger partial charge in [-0.3, -0.25) is 4.79 Å².